The molecule has 0 aliphatic carbocycles. The topological polar surface area (TPSA) is 90.3 Å². The summed E-state index contributed by atoms with van der Waals surface area (Å²) >= 11 is 0. The third-order valence-corrected chi connectivity index (χ3v) is 1.80. The molecule has 0 aliphatic heterocycles. The van der Waals surface area contributed by atoms with Crippen LogP contribution < -0.4 is 5.32 Å². The Labute approximate surface area is 88.1 Å². The van der Waals surface area contributed by atoms with Crippen LogP contribution in [0.2, 0.25) is 0 Å². The minimum atomic E-state index is -0.293. The summed E-state index contributed by atoms with van der Waals surface area (Å²) in [4.78, 5) is 3.76. The van der Waals surface area contributed by atoms with E-state index in [-0.39, 0.29) is 11.9 Å². The molecular formula is C9H12N6. The fraction of sp³-hybridized carbons (Fsp3) is 0.556. The SMILES string of the molecule is CCCNC(C#N)Cn1cnc(C#N)n1. The maximum atomic E-state index is 8.84. The first-order valence-electron chi connectivity index (χ1n) is 4.72. The summed E-state index contributed by atoms with van der Waals surface area (Å²) in [5.41, 5.74) is 0. The van der Waals surface area contributed by atoms with Gasteiger partial charge < -0.3 is 5.32 Å². The first-order chi connectivity index (χ1) is 7.30. The van der Waals surface area contributed by atoms with E-state index < -0.39 is 0 Å². The molecule has 1 rings (SSSR count). The van der Waals surface area contributed by atoms with Crippen LogP contribution in [0.4, 0.5) is 0 Å². The summed E-state index contributed by atoms with van der Waals surface area (Å²) in [6.45, 7) is 3.23. The van der Waals surface area contributed by atoms with Crippen molar-refractivity contribution >= 4 is 0 Å². The maximum Gasteiger partial charge on any atom is 0.252 e. The van der Waals surface area contributed by atoms with E-state index in [4.69, 9.17) is 10.5 Å². The highest BCUT2D eigenvalue weighted by atomic mass is 15.3. The lowest BCUT2D eigenvalue weighted by atomic mass is 10.3. The molecule has 0 saturated carbocycles. The van der Waals surface area contributed by atoms with Crippen LogP contribution in [0.3, 0.4) is 0 Å². The van der Waals surface area contributed by atoms with Gasteiger partial charge in [0.05, 0.1) is 12.6 Å². The van der Waals surface area contributed by atoms with Gasteiger partial charge in [0.25, 0.3) is 5.82 Å². The molecule has 78 valence electrons. The van der Waals surface area contributed by atoms with Crippen molar-refractivity contribution in [3.8, 4) is 12.1 Å². The van der Waals surface area contributed by atoms with Gasteiger partial charge in [0, 0.05) is 0 Å². The number of nitrogens with zero attached hydrogens (tertiary/aromatic N) is 5. The van der Waals surface area contributed by atoms with Crippen LogP contribution in [0, 0.1) is 22.7 Å². The highest BCUT2D eigenvalue weighted by Crippen LogP contribution is 1.92. The Balaban J connectivity index is 2.52. The number of nitrogens with one attached hydrogen (secondary N) is 1. The van der Waals surface area contributed by atoms with Gasteiger partial charge in [-0.05, 0) is 13.0 Å². The van der Waals surface area contributed by atoms with Crippen molar-refractivity contribution < 1.29 is 0 Å². The number of aromatic nitrogens is 3. The molecule has 6 nitrogen and oxygen atoms in total. The van der Waals surface area contributed by atoms with Crippen molar-refractivity contribution in [2.75, 3.05) is 6.54 Å². The minimum absolute atomic E-state index is 0.127. The largest absolute Gasteiger partial charge is 0.300 e. The van der Waals surface area contributed by atoms with Crippen LogP contribution in [0.1, 0.15) is 19.2 Å². The summed E-state index contributed by atoms with van der Waals surface area (Å²) in [5, 5.41) is 24.3. The standard InChI is InChI=1S/C9H12N6/c1-2-3-12-8(4-10)6-15-7-13-9(5-11)14-15/h7-8,12H,2-3,6H2,1H3. The van der Waals surface area contributed by atoms with E-state index in [1.54, 1.807) is 0 Å². The molecule has 1 atom stereocenters. The maximum absolute atomic E-state index is 8.84. The number of nitriles is 2. The van der Waals surface area contributed by atoms with Crippen LogP contribution in [0.15, 0.2) is 6.33 Å². The molecule has 0 bridgehead atoms. The second-order valence-electron chi connectivity index (χ2n) is 3.04. The lowest BCUT2D eigenvalue weighted by Gasteiger charge is -2.09. The van der Waals surface area contributed by atoms with Gasteiger partial charge in [0.15, 0.2) is 0 Å². The van der Waals surface area contributed by atoms with Crippen molar-refractivity contribution in [1.29, 1.82) is 10.5 Å². The summed E-state index contributed by atoms with van der Waals surface area (Å²) in [6.07, 6.45) is 2.43. The molecule has 0 fully saturated rings. The van der Waals surface area contributed by atoms with Crippen LogP contribution in [-0.4, -0.2) is 27.4 Å². The van der Waals surface area contributed by atoms with Crippen molar-refractivity contribution in [2.24, 2.45) is 0 Å². The molecule has 6 heteroatoms. The number of hydrogen-bond acceptors (Lipinski definition) is 5. The van der Waals surface area contributed by atoms with Gasteiger partial charge in [-0.1, -0.05) is 6.92 Å². The summed E-state index contributed by atoms with van der Waals surface area (Å²) < 4.78 is 1.50. The van der Waals surface area contributed by atoms with E-state index in [2.05, 4.69) is 21.5 Å². The first kappa shape index (κ1) is 11.2. The Morgan fingerprint density at radius 1 is 1.60 bits per heavy atom. The van der Waals surface area contributed by atoms with Crippen LogP contribution in [0.5, 0.6) is 0 Å². The molecule has 1 heterocycles. The molecule has 15 heavy (non-hydrogen) atoms. The Kier molecular flexibility index (Phi) is 4.27. The van der Waals surface area contributed by atoms with Gasteiger partial charge in [-0.2, -0.15) is 10.5 Å². The van der Waals surface area contributed by atoms with E-state index >= 15 is 0 Å². The zero-order valence-corrected chi connectivity index (χ0v) is 8.51. The van der Waals surface area contributed by atoms with Crippen molar-refractivity contribution in [3.05, 3.63) is 12.2 Å². The summed E-state index contributed by atoms with van der Waals surface area (Å²) in [6, 6.07) is 3.67. The monoisotopic (exact) mass is 204 g/mol. The number of rotatable bonds is 5. The van der Waals surface area contributed by atoms with Gasteiger partial charge in [0.1, 0.15) is 18.4 Å². The van der Waals surface area contributed by atoms with Gasteiger partial charge in [0.2, 0.25) is 0 Å². The molecule has 0 saturated heterocycles. The Bertz CT molecular complexity index is 382. The fourth-order valence-electron chi connectivity index (χ4n) is 1.09. The van der Waals surface area contributed by atoms with Crippen molar-refractivity contribution in [1.82, 2.24) is 20.1 Å². The lowest BCUT2D eigenvalue weighted by Crippen LogP contribution is -2.32. The molecule has 0 aliphatic rings. The van der Waals surface area contributed by atoms with E-state index in [1.165, 1.54) is 11.0 Å². The smallest absolute Gasteiger partial charge is 0.252 e. The van der Waals surface area contributed by atoms with E-state index in [9.17, 15) is 0 Å². The molecule has 0 amide bonds. The molecule has 0 aromatic carbocycles. The van der Waals surface area contributed by atoms with Crippen LogP contribution in [-0.2, 0) is 6.54 Å². The Hall–Kier alpha value is -1.92. The van der Waals surface area contributed by atoms with Crippen LogP contribution >= 0.6 is 0 Å². The molecule has 1 aromatic heterocycles. The van der Waals surface area contributed by atoms with E-state index in [0.717, 1.165) is 13.0 Å². The van der Waals surface area contributed by atoms with Crippen LogP contribution in [0.25, 0.3) is 0 Å². The fourth-order valence-corrected chi connectivity index (χ4v) is 1.09. The average Bonchev–Trinajstić information content (AvgIpc) is 2.71. The van der Waals surface area contributed by atoms with E-state index in [1.807, 2.05) is 13.0 Å². The minimum Gasteiger partial charge on any atom is -0.300 e. The second kappa shape index (κ2) is 5.74. The highest BCUT2D eigenvalue weighted by molar-refractivity contribution is 5.05. The second-order valence-corrected chi connectivity index (χ2v) is 3.04. The van der Waals surface area contributed by atoms with Gasteiger partial charge in [-0.15, -0.1) is 5.10 Å². The molecule has 1 aromatic rings. The predicted octanol–water partition coefficient (Wildman–Crippen LogP) is 0.0416. The Morgan fingerprint density at radius 3 is 2.93 bits per heavy atom. The molecule has 0 spiro atoms. The summed E-state index contributed by atoms with van der Waals surface area (Å²) in [5.74, 6) is 0.127. The van der Waals surface area contributed by atoms with Crippen molar-refractivity contribution in [2.45, 2.75) is 25.9 Å². The van der Waals surface area contributed by atoms with Crippen molar-refractivity contribution in [3.63, 3.8) is 0 Å². The predicted molar refractivity (Wildman–Crippen MR) is 52.4 cm³/mol. The molecule has 1 unspecified atom stereocenters. The number of hydrogen-bond donors (Lipinski definition) is 1. The van der Waals surface area contributed by atoms with Gasteiger partial charge in [-0.3, -0.25) is 0 Å². The van der Waals surface area contributed by atoms with Gasteiger partial charge in [-0.25, -0.2) is 9.67 Å². The van der Waals surface area contributed by atoms with E-state index in [0.29, 0.717) is 6.54 Å². The first-order valence-corrected chi connectivity index (χ1v) is 4.72. The zero-order valence-electron chi connectivity index (χ0n) is 8.51. The molecule has 1 N–H and O–H groups in total. The van der Waals surface area contributed by atoms with Gasteiger partial charge >= 0.3 is 0 Å². The average molecular weight is 204 g/mol. The quantitative estimate of drug-likeness (QED) is 0.731. The summed E-state index contributed by atoms with van der Waals surface area (Å²) in [7, 11) is 0. The zero-order chi connectivity index (χ0) is 11.1. The highest BCUT2D eigenvalue weighted by Gasteiger charge is 2.08. The third kappa shape index (κ3) is 3.37. The molecule has 0 radical (unpaired) electrons. The third-order valence-electron chi connectivity index (χ3n) is 1.80. The lowest BCUT2D eigenvalue weighted by molar-refractivity contribution is 0.489. The normalized spacial score (nSPS) is 11.7. The molecular weight excluding hydrogens is 192 g/mol. The Morgan fingerprint density at radius 2 is 2.40 bits per heavy atom.